The predicted octanol–water partition coefficient (Wildman–Crippen LogP) is 3.53. The molecule has 1 saturated heterocycles. The first-order valence-corrected chi connectivity index (χ1v) is 7.14. The number of hydrogen-bond acceptors (Lipinski definition) is 3. The van der Waals surface area contributed by atoms with Crippen LogP contribution in [-0.4, -0.2) is 17.5 Å². The summed E-state index contributed by atoms with van der Waals surface area (Å²) in [4.78, 5) is 12.5. The highest BCUT2D eigenvalue weighted by Gasteiger charge is 2.56. The van der Waals surface area contributed by atoms with Gasteiger partial charge in [0.25, 0.3) is 0 Å². The monoisotopic (exact) mass is 280 g/mol. The van der Waals surface area contributed by atoms with Crippen LogP contribution >= 0.6 is 0 Å². The van der Waals surface area contributed by atoms with Crippen LogP contribution in [0.25, 0.3) is 0 Å². The number of rotatable bonds is 2. The predicted molar refractivity (Wildman–Crippen MR) is 78.6 cm³/mol. The lowest BCUT2D eigenvalue weighted by atomic mass is 9.92. The molecule has 3 nitrogen and oxygen atoms in total. The van der Waals surface area contributed by atoms with Crippen LogP contribution in [0.3, 0.4) is 0 Å². The Labute approximate surface area is 123 Å². The quantitative estimate of drug-likeness (QED) is 0.624. The van der Waals surface area contributed by atoms with Crippen molar-refractivity contribution in [3.8, 4) is 5.75 Å². The van der Waals surface area contributed by atoms with E-state index in [2.05, 4.69) is 0 Å². The van der Waals surface area contributed by atoms with E-state index in [1.165, 1.54) is 0 Å². The van der Waals surface area contributed by atoms with E-state index in [1.54, 1.807) is 0 Å². The van der Waals surface area contributed by atoms with E-state index in [9.17, 15) is 4.79 Å². The molecule has 106 valence electrons. The second kappa shape index (κ2) is 4.18. The Kier molecular flexibility index (Phi) is 2.51. The Hall–Kier alpha value is -2.13. The van der Waals surface area contributed by atoms with E-state index in [0.717, 1.165) is 11.3 Å². The lowest BCUT2D eigenvalue weighted by Crippen LogP contribution is -2.37. The average molecular weight is 280 g/mol. The largest absolute Gasteiger partial charge is 0.485 e. The van der Waals surface area contributed by atoms with Crippen molar-refractivity contribution in [3.05, 3.63) is 65.2 Å². The number of fused-ring (bicyclic) bond motifs is 3. The van der Waals surface area contributed by atoms with Crippen LogP contribution in [0.2, 0.25) is 0 Å². The molecule has 2 aliphatic heterocycles. The zero-order valence-corrected chi connectivity index (χ0v) is 12.0. The first kappa shape index (κ1) is 12.6. The normalized spacial score (nSPS) is 24.5. The minimum Gasteiger partial charge on any atom is -0.485 e. The van der Waals surface area contributed by atoms with Gasteiger partial charge in [0.2, 0.25) is 0 Å². The summed E-state index contributed by atoms with van der Waals surface area (Å²) in [5.41, 5.74) is 2.06. The highest BCUT2D eigenvalue weighted by Crippen LogP contribution is 2.53. The molecule has 0 spiro atoms. The molecule has 4 rings (SSSR count). The van der Waals surface area contributed by atoms with Gasteiger partial charge in [-0.05, 0) is 32.0 Å². The third kappa shape index (κ3) is 1.96. The molecule has 1 fully saturated rings. The third-order valence-corrected chi connectivity index (χ3v) is 4.16. The maximum absolute atomic E-state index is 12.5. The van der Waals surface area contributed by atoms with Crippen LogP contribution in [0.4, 0.5) is 0 Å². The Morgan fingerprint density at radius 2 is 1.81 bits per heavy atom. The second-order valence-corrected chi connectivity index (χ2v) is 6.13. The molecule has 2 atom stereocenters. The summed E-state index contributed by atoms with van der Waals surface area (Å²) in [7, 11) is 0. The number of benzene rings is 2. The zero-order valence-electron chi connectivity index (χ0n) is 12.0. The highest BCUT2D eigenvalue weighted by molar-refractivity contribution is 6.09. The van der Waals surface area contributed by atoms with Crippen molar-refractivity contribution in [3.63, 3.8) is 0 Å². The van der Waals surface area contributed by atoms with Crippen molar-refractivity contribution in [2.45, 2.75) is 31.7 Å². The smallest absolute Gasteiger partial charge is 0.193 e. The van der Waals surface area contributed by atoms with Gasteiger partial charge >= 0.3 is 0 Å². The maximum atomic E-state index is 12.5. The lowest BCUT2D eigenvalue weighted by Gasteiger charge is -2.29. The van der Waals surface area contributed by atoms with Gasteiger partial charge in [-0.15, -0.1) is 0 Å². The van der Waals surface area contributed by atoms with Gasteiger partial charge in [-0.1, -0.05) is 30.3 Å². The summed E-state index contributed by atoms with van der Waals surface area (Å²) < 4.78 is 11.7. The van der Waals surface area contributed by atoms with E-state index in [1.807, 2.05) is 62.4 Å². The van der Waals surface area contributed by atoms with Crippen LogP contribution in [0.15, 0.2) is 48.5 Å². The van der Waals surface area contributed by atoms with Gasteiger partial charge in [0.15, 0.2) is 5.78 Å². The van der Waals surface area contributed by atoms with E-state index in [4.69, 9.17) is 9.47 Å². The average Bonchev–Trinajstić information content (AvgIpc) is 3.29. The third-order valence-electron chi connectivity index (χ3n) is 4.16. The number of carbonyl (C=O) groups is 1. The Morgan fingerprint density at radius 1 is 1.05 bits per heavy atom. The fourth-order valence-electron chi connectivity index (χ4n) is 2.98. The number of ether oxygens (including phenoxy) is 2. The van der Waals surface area contributed by atoms with Crippen LogP contribution < -0.4 is 4.74 Å². The van der Waals surface area contributed by atoms with Gasteiger partial charge in [-0.2, -0.15) is 0 Å². The first-order chi connectivity index (χ1) is 10.1. The molecule has 21 heavy (non-hydrogen) atoms. The summed E-state index contributed by atoms with van der Waals surface area (Å²) in [5.74, 6) is 0.851. The minimum atomic E-state index is -0.303. The molecule has 0 bridgehead atoms. The van der Waals surface area contributed by atoms with Gasteiger partial charge in [0.1, 0.15) is 23.6 Å². The summed E-state index contributed by atoms with van der Waals surface area (Å²) in [6.07, 6.45) is 0.152. The molecule has 0 aliphatic carbocycles. The molecule has 2 heterocycles. The molecule has 2 aliphatic rings. The van der Waals surface area contributed by atoms with E-state index >= 15 is 0 Å². The summed E-state index contributed by atoms with van der Waals surface area (Å²) >= 11 is 0. The molecule has 0 amide bonds. The molecule has 0 aromatic heterocycles. The molecule has 3 heteroatoms. The summed E-state index contributed by atoms with van der Waals surface area (Å²) in [5, 5.41) is 0. The van der Waals surface area contributed by atoms with E-state index in [0.29, 0.717) is 11.1 Å². The topological polar surface area (TPSA) is 38.8 Å². The molecule has 0 radical (unpaired) electrons. The molecule has 2 aromatic rings. The molecule has 2 aromatic carbocycles. The molecule has 0 unspecified atom stereocenters. The highest BCUT2D eigenvalue weighted by atomic mass is 16.6. The number of hydrogen-bond donors (Lipinski definition) is 0. The van der Waals surface area contributed by atoms with Crippen molar-refractivity contribution in [1.29, 1.82) is 0 Å². The Morgan fingerprint density at radius 3 is 2.57 bits per heavy atom. The van der Waals surface area contributed by atoms with E-state index < -0.39 is 0 Å². The van der Waals surface area contributed by atoms with Crippen LogP contribution in [0.1, 0.15) is 41.4 Å². The van der Waals surface area contributed by atoms with Gasteiger partial charge in [-0.3, -0.25) is 4.79 Å². The number of epoxide rings is 1. The Balaban J connectivity index is 1.72. The van der Waals surface area contributed by atoms with Crippen LogP contribution in [-0.2, 0) is 4.74 Å². The van der Waals surface area contributed by atoms with Crippen LogP contribution in [0.5, 0.6) is 5.75 Å². The fourth-order valence-corrected chi connectivity index (χ4v) is 2.98. The van der Waals surface area contributed by atoms with Gasteiger partial charge in [0, 0.05) is 16.7 Å². The maximum Gasteiger partial charge on any atom is 0.193 e. The fraction of sp³-hybridized carbons (Fsp3) is 0.278. The number of ketones is 1. The summed E-state index contributed by atoms with van der Waals surface area (Å²) in [6.45, 7) is 4.06. The Bertz CT molecular complexity index is 718. The zero-order chi connectivity index (χ0) is 14.6. The van der Waals surface area contributed by atoms with Crippen molar-refractivity contribution < 1.29 is 14.3 Å². The minimum absolute atomic E-state index is 0.0282. The van der Waals surface area contributed by atoms with Crippen LogP contribution in [0, 0.1) is 0 Å². The van der Waals surface area contributed by atoms with Crippen molar-refractivity contribution in [2.75, 3.05) is 0 Å². The lowest BCUT2D eigenvalue weighted by molar-refractivity contribution is 0.0725. The van der Waals surface area contributed by atoms with Crippen molar-refractivity contribution >= 4 is 5.78 Å². The molecular weight excluding hydrogens is 264 g/mol. The first-order valence-electron chi connectivity index (χ1n) is 7.14. The number of carbonyl (C=O) groups excluding carboxylic acids is 1. The molecule has 0 saturated carbocycles. The standard InChI is InChI=1S/C18H16O3/c1-18(2)17-16(20-17)13-10-12(8-9-14(13)21-18)15(19)11-6-4-3-5-7-11/h3-10,16-17H,1-2H3/t16-,17-/m1/s1. The van der Waals surface area contributed by atoms with Crippen molar-refractivity contribution in [2.24, 2.45) is 0 Å². The molecular formula is C18H16O3. The second-order valence-electron chi connectivity index (χ2n) is 6.13. The van der Waals surface area contributed by atoms with E-state index in [-0.39, 0.29) is 23.6 Å². The molecule has 0 N–H and O–H groups in total. The van der Waals surface area contributed by atoms with Gasteiger partial charge in [-0.25, -0.2) is 0 Å². The van der Waals surface area contributed by atoms with Gasteiger partial charge in [0.05, 0.1) is 0 Å². The van der Waals surface area contributed by atoms with Gasteiger partial charge < -0.3 is 9.47 Å². The summed E-state index contributed by atoms with van der Waals surface area (Å²) in [6, 6.07) is 14.9. The SMILES string of the molecule is CC1(C)Oc2ccc(C(=O)c3ccccc3)cc2[C@H]2O[C@H]21. The van der Waals surface area contributed by atoms with Crippen molar-refractivity contribution in [1.82, 2.24) is 0 Å².